The molecule has 0 unspecified atom stereocenters. The maximum atomic E-state index is 12.3. The van der Waals surface area contributed by atoms with Gasteiger partial charge in [0.1, 0.15) is 11.3 Å². The Hall–Kier alpha value is -4.55. The largest absolute Gasteiger partial charge is 0.492 e. The predicted octanol–water partition coefficient (Wildman–Crippen LogP) is 7.02. The lowest BCUT2D eigenvalue weighted by molar-refractivity contribution is -0.118. The Labute approximate surface area is 250 Å². The van der Waals surface area contributed by atoms with Crippen molar-refractivity contribution in [2.45, 2.75) is 25.8 Å². The Bertz CT molecular complexity index is 1640. The van der Waals surface area contributed by atoms with Crippen LogP contribution in [-0.2, 0) is 22.4 Å². The van der Waals surface area contributed by atoms with Crippen LogP contribution in [0.3, 0.4) is 0 Å². The number of amides is 1. The van der Waals surface area contributed by atoms with Crippen LogP contribution in [0.2, 0.25) is 5.02 Å². The summed E-state index contributed by atoms with van der Waals surface area (Å²) < 4.78 is 13.5. The molecule has 0 aliphatic carbocycles. The predicted molar refractivity (Wildman–Crippen MR) is 166 cm³/mol. The van der Waals surface area contributed by atoms with Crippen molar-refractivity contribution < 1.29 is 19.1 Å². The van der Waals surface area contributed by atoms with Gasteiger partial charge in [0.2, 0.25) is 5.91 Å². The minimum Gasteiger partial charge on any atom is -0.492 e. The number of benzene rings is 4. The van der Waals surface area contributed by atoms with Crippen LogP contribution in [0.1, 0.15) is 45.7 Å². The van der Waals surface area contributed by atoms with Crippen molar-refractivity contribution in [3.63, 3.8) is 0 Å². The van der Waals surface area contributed by atoms with E-state index < -0.39 is 5.97 Å². The van der Waals surface area contributed by atoms with Crippen molar-refractivity contribution in [1.29, 1.82) is 0 Å². The van der Waals surface area contributed by atoms with Crippen LogP contribution in [0.4, 0.5) is 0 Å². The number of ether oxygens (including phenoxy) is 2. The van der Waals surface area contributed by atoms with Crippen LogP contribution in [0, 0.1) is 0 Å². The summed E-state index contributed by atoms with van der Waals surface area (Å²) in [6.45, 7) is 2.34. The molecule has 7 heteroatoms. The van der Waals surface area contributed by atoms with E-state index in [-0.39, 0.29) is 11.9 Å². The van der Waals surface area contributed by atoms with Gasteiger partial charge in [0, 0.05) is 47.9 Å². The van der Waals surface area contributed by atoms with E-state index in [9.17, 15) is 9.59 Å². The van der Waals surface area contributed by atoms with E-state index in [2.05, 4.69) is 64.5 Å². The van der Waals surface area contributed by atoms with Gasteiger partial charge in [0.05, 0.1) is 19.8 Å². The molecule has 6 nitrogen and oxygen atoms in total. The van der Waals surface area contributed by atoms with Crippen LogP contribution in [0.5, 0.6) is 5.75 Å². The zero-order valence-corrected chi connectivity index (χ0v) is 24.4. The Morgan fingerprint density at radius 2 is 1.50 bits per heavy atom. The topological polar surface area (TPSA) is 69.6 Å². The first kappa shape index (κ1) is 29.0. The van der Waals surface area contributed by atoms with Crippen molar-refractivity contribution in [3.8, 4) is 5.75 Å². The molecule has 1 aromatic heterocycles. The minimum absolute atomic E-state index is 0.0762. The number of hydrogen-bond donors (Lipinski definition) is 1. The standard InChI is InChI=1S/C35H33ClN2O4/c1-24(39)37-21-19-32-28(20-22-42-33-16-10-9-15-29(33)35(40)41-2)30-23-27(36)17-18-31(30)38(32)34(25-11-5-3-6-12-25)26-13-7-4-8-14-26/h3-18,23,34H,19-22H2,1-2H3,(H,37,39). The molecule has 5 rings (SSSR count). The molecule has 4 aromatic carbocycles. The van der Waals surface area contributed by atoms with E-state index in [1.54, 1.807) is 18.2 Å². The number of carbonyl (C=O) groups excluding carboxylic acids is 2. The summed E-state index contributed by atoms with van der Waals surface area (Å²) in [4.78, 5) is 24.1. The second kappa shape index (κ2) is 13.4. The monoisotopic (exact) mass is 580 g/mol. The summed E-state index contributed by atoms with van der Waals surface area (Å²) in [6, 6.07) is 33.8. The Kier molecular flexibility index (Phi) is 9.25. The molecule has 0 fully saturated rings. The summed E-state index contributed by atoms with van der Waals surface area (Å²) in [5.41, 5.74) is 5.88. The van der Waals surface area contributed by atoms with Gasteiger partial charge in [-0.25, -0.2) is 4.79 Å². The fraction of sp³-hybridized carbons (Fsp3) is 0.200. The van der Waals surface area contributed by atoms with Crippen LogP contribution < -0.4 is 10.1 Å². The summed E-state index contributed by atoms with van der Waals surface area (Å²) in [6.07, 6.45) is 1.17. The van der Waals surface area contributed by atoms with Gasteiger partial charge in [-0.3, -0.25) is 4.79 Å². The third-order valence-corrected chi connectivity index (χ3v) is 7.54. The van der Waals surface area contributed by atoms with Crippen molar-refractivity contribution in [2.24, 2.45) is 0 Å². The zero-order chi connectivity index (χ0) is 29.5. The molecule has 0 spiro atoms. The van der Waals surface area contributed by atoms with Gasteiger partial charge in [0.15, 0.2) is 0 Å². The fourth-order valence-corrected chi connectivity index (χ4v) is 5.68. The highest BCUT2D eigenvalue weighted by Crippen LogP contribution is 2.37. The van der Waals surface area contributed by atoms with E-state index in [0.717, 1.165) is 33.3 Å². The Balaban J connectivity index is 1.63. The summed E-state index contributed by atoms with van der Waals surface area (Å²) in [7, 11) is 1.36. The number of methoxy groups -OCH3 is 1. The SMILES string of the molecule is COC(=O)c1ccccc1OCCc1c(CCNC(C)=O)n(C(c2ccccc2)c2ccccc2)c2ccc(Cl)cc12. The van der Waals surface area contributed by atoms with Gasteiger partial charge in [-0.15, -0.1) is 0 Å². The van der Waals surface area contributed by atoms with E-state index in [1.807, 2.05) is 30.3 Å². The molecule has 1 N–H and O–H groups in total. The first-order valence-electron chi connectivity index (χ1n) is 13.9. The van der Waals surface area contributed by atoms with Crippen molar-refractivity contribution >= 4 is 34.4 Å². The van der Waals surface area contributed by atoms with Crippen LogP contribution in [0.15, 0.2) is 103 Å². The third kappa shape index (κ3) is 6.34. The van der Waals surface area contributed by atoms with Gasteiger partial charge >= 0.3 is 5.97 Å². The molecule has 1 amide bonds. The number of nitrogens with one attached hydrogen (secondary N) is 1. The van der Waals surface area contributed by atoms with Gasteiger partial charge in [-0.05, 0) is 47.0 Å². The first-order valence-corrected chi connectivity index (χ1v) is 14.3. The molecule has 0 radical (unpaired) electrons. The number of carbonyl (C=O) groups is 2. The Morgan fingerprint density at radius 3 is 2.14 bits per heavy atom. The number of hydrogen-bond acceptors (Lipinski definition) is 4. The number of halogens is 1. The first-order chi connectivity index (χ1) is 20.5. The number of esters is 1. The second-order valence-corrected chi connectivity index (χ2v) is 10.4. The molecule has 5 aromatic rings. The molecule has 0 saturated carbocycles. The minimum atomic E-state index is -0.446. The fourth-order valence-electron chi connectivity index (χ4n) is 5.50. The van der Waals surface area contributed by atoms with Gasteiger partial charge in [-0.1, -0.05) is 84.4 Å². The third-order valence-electron chi connectivity index (χ3n) is 7.31. The molecule has 1 heterocycles. The Morgan fingerprint density at radius 1 is 0.857 bits per heavy atom. The lowest BCUT2D eigenvalue weighted by Gasteiger charge is -2.25. The van der Waals surface area contributed by atoms with E-state index in [0.29, 0.717) is 42.3 Å². The molecule has 42 heavy (non-hydrogen) atoms. The van der Waals surface area contributed by atoms with Gasteiger partial charge in [0.25, 0.3) is 0 Å². The highest BCUT2D eigenvalue weighted by atomic mass is 35.5. The van der Waals surface area contributed by atoms with Crippen LogP contribution in [-0.4, -0.2) is 36.7 Å². The number of nitrogens with zero attached hydrogens (tertiary/aromatic N) is 1. The number of aromatic nitrogens is 1. The number of para-hydroxylation sites is 1. The molecule has 0 saturated heterocycles. The van der Waals surface area contributed by atoms with Crippen molar-refractivity contribution in [2.75, 3.05) is 20.3 Å². The normalized spacial score (nSPS) is 11.0. The number of fused-ring (bicyclic) bond motifs is 1. The highest BCUT2D eigenvalue weighted by Gasteiger charge is 2.25. The lowest BCUT2D eigenvalue weighted by Crippen LogP contribution is -2.25. The maximum Gasteiger partial charge on any atom is 0.341 e. The summed E-state index contributed by atoms with van der Waals surface area (Å²) in [5, 5.41) is 4.64. The smallest absolute Gasteiger partial charge is 0.341 e. The quantitative estimate of drug-likeness (QED) is 0.170. The lowest BCUT2D eigenvalue weighted by atomic mass is 9.97. The highest BCUT2D eigenvalue weighted by molar-refractivity contribution is 6.31. The van der Waals surface area contributed by atoms with Crippen molar-refractivity contribution in [3.05, 3.63) is 136 Å². The van der Waals surface area contributed by atoms with E-state index in [1.165, 1.54) is 14.0 Å². The summed E-state index contributed by atoms with van der Waals surface area (Å²) in [5.74, 6) is -0.0522. The molecular formula is C35H33ClN2O4. The number of rotatable bonds is 11. The van der Waals surface area contributed by atoms with E-state index >= 15 is 0 Å². The van der Waals surface area contributed by atoms with Crippen LogP contribution >= 0.6 is 11.6 Å². The summed E-state index contributed by atoms with van der Waals surface area (Å²) >= 11 is 6.56. The second-order valence-electron chi connectivity index (χ2n) is 10.00. The van der Waals surface area contributed by atoms with E-state index in [4.69, 9.17) is 21.1 Å². The molecule has 0 aliphatic heterocycles. The molecule has 0 aliphatic rings. The molecule has 0 bridgehead atoms. The molecular weight excluding hydrogens is 548 g/mol. The molecule has 214 valence electrons. The van der Waals surface area contributed by atoms with Gasteiger partial charge < -0.3 is 19.4 Å². The average Bonchev–Trinajstić information content (AvgIpc) is 3.30. The zero-order valence-electron chi connectivity index (χ0n) is 23.7. The molecule has 0 atom stereocenters. The van der Waals surface area contributed by atoms with Crippen LogP contribution in [0.25, 0.3) is 10.9 Å². The van der Waals surface area contributed by atoms with Gasteiger partial charge in [-0.2, -0.15) is 0 Å². The maximum absolute atomic E-state index is 12.3. The average molecular weight is 581 g/mol. The van der Waals surface area contributed by atoms with Crippen molar-refractivity contribution in [1.82, 2.24) is 9.88 Å².